The van der Waals surface area contributed by atoms with Crippen molar-refractivity contribution in [2.45, 2.75) is 72.4 Å². The van der Waals surface area contributed by atoms with Gasteiger partial charge in [0.15, 0.2) is 5.43 Å². The molecule has 1 saturated carbocycles. The Labute approximate surface area is 214 Å². The summed E-state index contributed by atoms with van der Waals surface area (Å²) in [6, 6.07) is 18.0. The van der Waals surface area contributed by atoms with Gasteiger partial charge in [0.05, 0.1) is 12.2 Å². The third-order valence-electron chi connectivity index (χ3n) is 8.06. The SMILES string of the molecule is Cc1cc(=O)c(C(=O)N2C[C@@]3(C)C[C@H]2CC(C)(C)C3)c(CCc2ccccc2)n1Cc1ccccn1. The molecule has 1 aromatic carbocycles. The highest BCUT2D eigenvalue weighted by atomic mass is 16.2. The van der Waals surface area contributed by atoms with Crippen LogP contribution in [0.15, 0.2) is 65.6 Å². The van der Waals surface area contributed by atoms with Crippen LogP contribution in [0.2, 0.25) is 0 Å². The van der Waals surface area contributed by atoms with Crippen LogP contribution in [0.4, 0.5) is 0 Å². The lowest BCUT2D eigenvalue weighted by atomic mass is 9.65. The van der Waals surface area contributed by atoms with Crippen molar-refractivity contribution in [3.8, 4) is 0 Å². The summed E-state index contributed by atoms with van der Waals surface area (Å²) < 4.78 is 2.13. The van der Waals surface area contributed by atoms with E-state index in [0.29, 0.717) is 18.5 Å². The molecule has 0 unspecified atom stereocenters. The molecule has 0 spiro atoms. The fourth-order valence-corrected chi connectivity index (χ4v) is 6.94. The molecular formula is C31H37N3O2. The van der Waals surface area contributed by atoms with Crippen molar-refractivity contribution in [1.29, 1.82) is 0 Å². The number of carbonyl (C=O) groups excluding carboxylic acids is 1. The Hall–Kier alpha value is -3.21. The zero-order valence-corrected chi connectivity index (χ0v) is 22.0. The van der Waals surface area contributed by atoms with E-state index in [9.17, 15) is 9.59 Å². The van der Waals surface area contributed by atoms with E-state index in [1.54, 1.807) is 12.3 Å². The predicted octanol–water partition coefficient (Wildman–Crippen LogP) is 5.43. The normalized spacial score (nSPS) is 22.6. The largest absolute Gasteiger partial charge is 0.342 e. The van der Waals surface area contributed by atoms with Gasteiger partial charge in [-0.05, 0) is 67.6 Å². The minimum atomic E-state index is -0.163. The van der Waals surface area contributed by atoms with Crippen molar-refractivity contribution in [2.75, 3.05) is 6.54 Å². The molecule has 2 fully saturated rings. The van der Waals surface area contributed by atoms with Crippen molar-refractivity contribution >= 4 is 5.91 Å². The summed E-state index contributed by atoms with van der Waals surface area (Å²) in [5.74, 6) is -0.0933. The summed E-state index contributed by atoms with van der Waals surface area (Å²) in [4.78, 5) is 34.3. The third-order valence-corrected chi connectivity index (χ3v) is 8.06. The van der Waals surface area contributed by atoms with Gasteiger partial charge in [0.1, 0.15) is 5.56 Å². The quantitative estimate of drug-likeness (QED) is 0.470. The van der Waals surface area contributed by atoms with Crippen LogP contribution < -0.4 is 5.43 Å². The Morgan fingerprint density at radius 3 is 2.50 bits per heavy atom. The van der Waals surface area contributed by atoms with Crippen molar-refractivity contribution in [3.63, 3.8) is 0 Å². The molecule has 1 aliphatic heterocycles. The molecule has 2 atom stereocenters. The predicted molar refractivity (Wildman–Crippen MR) is 143 cm³/mol. The first-order valence-electron chi connectivity index (χ1n) is 13.1. The number of carbonyl (C=O) groups is 1. The van der Waals surface area contributed by atoms with Gasteiger partial charge in [-0.1, -0.05) is 57.2 Å². The smallest absolute Gasteiger partial charge is 0.259 e. The summed E-state index contributed by atoms with van der Waals surface area (Å²) in [5, 5.41) is 0. The van der Waals surface area contributed by atoms with E-state index in [2.05, 4.69) is 42.5 Å². The van der Waals surface area contributed by atoms with Crippen LogP contribution in [0.1, 0.15) is 73.0 Å². The second kappa shape index (κ2) is 9.34. The van der Waals surface area contributed by atoms with Crippen LogP contribution >= 0.6 is 0 Å². The zero-order valence-electron chi connectivity index (χ0n) is 22.0. The molecule has 1 aliphatic carbocycles. The monoisotopic (exact) mass is 483 g/mol. The molecule has 2 aliphatic rings. The number of pyridine rings is 2. The van der Waals surface area contributed by atoms with E-state index in [1.807, 2.05) is 48.2 Å². The maximum atomic E-state index is 14.2. The van der Waals surface area contributed by atoms with Gasteiger partial charge in [-0.15, -0.1) is 0 Å². The molecule has 3 heterocycles. The highest BCUT2D eigenvalue weighted by Crippen LogP contribution is 2.52. The summed E-state index contributed by atoms with van der Waals surface area (Å²) in [6.07, 6.45) is 6.29. The lowest BCUT2D eigenvalue weighted by Gasteiger charge is -2.39. The van der Waals surface area contributed by atoms with Crippen molar-refractivity contribution in [1.82, 2.24) is 14.5 Å². The van der Waals surface area contributed by atoms with Gasteiger partial charge >= 0.3 is 0 Å². The average Bonchev–Trinajstić information content (AvgIpc) is 3.09. The van der Waals surface area contributed by atoms with Crippen LogP contribution in [0.25, 0.3) is 0 Å². The number of fused-ring (bicyclic) bond motifs is 2. The number of aryl methyl sites for hydroxylation is 2. The van der Waals surface area contributed by atoms with Crippen molar-refractivity contribution in [3.05, 3.63) is 99.2 Å². The second-order valence-electron chi connectivity index (χ2n) is 12.0. The van der Waals surface area contributed by atoms with Gasteiger partial charge in [-0.25, -0.2) is 0 Å². The summed E-state index contributed by atoms with van der Waals surface area (Å²) in [5.41, 5.74) is 4.30. The molecule has 5 nitrogen and oxygen atoms in total. The first-order valence-corrected chi connectivity index (χ1v) is 13.1. The van der Waals surface area contributed by atoms with Crippen LogP contribution in [0, 0.1) is 17.8 Å². The van der Waals surface area contributed by atoms with Crippen LogP contribution in [-0.2, 0) is 19.4 Å². The van der Waals surface area contributed by atoms with Gasteiger partial charge in [0, 0.05) is 36.2 Å². The molecule has 2 aromatic heterocycles. The molecule has 0 N–H and O–H groups in total. The summed E-state index contributed by atoms with van der Waals surface area (Å²) in [6.45, 7) is 10.1. The standard InChI is InChI=1S/C31H37N3O2/c1-22-16-27(35)28(29(36)34-21-31(4)18-25(34)17-30(2,3)20-31)26(14-13-23-10-6-5-7-11-23)33(22)19-24-12-8-9-15-32-24/h5-12,15-16,25H,13-14,17-21H2,1-4H3/t25-,31+/m1/s1. The van der Waals surface area contributed by atoms with E-state index >= 15 is 0 Å². The van der Waals surface area contributed by atoms with Crippen molar-refractivity contribution < 1.29 is 4.79 Å². The molecule has 36 heavy (non-hydrogen) atoms. The van der Waals surface area contributed by atoms with Gasteiger partial charge in [0.25, 0.3) is 5.91 Å². The fourth-order valence-electron chi connectivity index (χ4n) is 6.94. The molecule has 5 heteroatoms. The molecule has 0 radical (unpaired) electrons. The van der Waals surface area contributed by atoms with Crippen molar-refractivity contribution in [2.24, 2.45) is 10.8 Å². The van der Waals surface area contributed by atoms with Crippen LogP contribution in [0.3, 0.4) is 0 Å². The second-order valence-corrected chi connectivity index (χ2v) is 12.0. The molecular weight excluding hydrogens is 446 g/mol. The Balaban J connectivity index is 1.57. The van der Waals surface area contributed by atoms with E-state index in [-0.39, 0.29) is 28.2 Å². The lowest BCUT2D eigenvalue weighted by molar-refractivity contribution is 0.0704. The molecule has 188 valence electrons. The molecule has 2 bridgehead atoms. The third kappa shape index (κ3) is 4.88. The van der Waals surface area contributed by atoms with E-state index < -0.39 is 0 Å². The minimum Gasteiger partial charge on any atom is -0.342 e. The Kier molecular flexibility index (Phi) is 6.36. The maximum Gasteiger partial charge on any atom is 0.259 e. The first-order chi connectivity index (χ1) is 17.1. The number of likely N-dealkylation sites (tertiary alicyclic amines) is 1. The summed E-state index contributed by atoms with van der Waals surface area (Å²) in [7, 11) is 0. The van der Waals surface area contributed by atoms with Gasteiger partial charge in [0.2, 0.25) is 0 Å². The Bertz CT molecular complexity index is 1310. The topological polar surface area (TPSA) is 55.2 Å². The number of amides is 1. The number of benzene rings is 1. The van der Waals surface area contributed by atoms with Crippen LogP contribution in [-0.4, -0.2) is 32.9 Å². The first kappa shape index (κ1) is 24.5. The van der Waals surface area contributed by atoms with Gasteiger partial charge in [-0.2, -0.15) is 0 Å². The molecule has 5 rings (SSSR count). The number of aromatic nitrogens is 2. The summed E-state index contributed by atoms with van der Waals surface area (Å²) >= 11 is 0. The molecule has 3 aromatic rings. The number of hydrogen-bond donors (Lipinski definition) is 0. The minimum absolute atomic E-state index is 0.0933. The highest BCUT2D eigenvalue weighted by Gasteiger charge is 2.51. The lowest BCUT2D eigenvalue weighted by Crippen LogP contribution is -2.41. The van der Waals surface area contributed by atoms with E-state index in [4.69, 9.17) is 0 Å². The van der Waals surface area contributed by atoms with E-state index in [1.165, 1.54) is 5.56 Å². The van der Waals surface area contributed by atoms with Gasteiger partial charge in [-0.3, -0.25) is 14.6 Å². The fraction of sp³-hybridized carbons (Fsp3) is 0.452. The average molecular weight is 484 g/mol. The van der Waals surface area contributed by atoms with E-state index in [0.717, 1.165) is 49.3 Å². The molecule has 1 amide bonds. The zero-order chi connectivity index (χ0) is 25.5. The Morgan fingerprint density at radius 1 is 1.03 bits per heavy atom. The maximum absolute atomic E-state index is 14.2. The number of rotatable bonds is 6. The highest BCUT2D eigenvalue weighted by molar-refractivity contribution is 5.96. The number of hydrogen-bond acceptors (Lipinski definition) is 3. The van der Waals surface area contributed by atoms with Gasteiger partial charge < -0.3 is 9.47 Å². The number of nitrogens with zero attached hydrogens (tertiary/aromatic N) is 3. The Morgan fingerprint density at radius 2 is 1.78 bits per heavy atom. The molecule has 1 saturated heterocycles. The van der Waals surface area contributed by atoms with Crippen LogP contribution in [0.5, 0.6) is 0 Å².